The molecule has 2 aliphatic heterocycles. The summed E-state index contributed by atoms with van der Waals surface area (Å²) in [5, 5.41) is 9.22. The monoisotopic (exact) mass is 374 g/mol. The zero-order valence-electron chi connectivity index (χ0n) is 15.7. The summed E-state index contributed by atoms with van der Waals surface area (Å²) >= 11 is 0. The van der Waals surface area contributed by atoms with Gasteiger partial charge in [-0.15, -0.1) is 0 Å². The number of amides is 1. The van der Waals surface area contributed by atoms with Crippen molar-refractivity contribution in [2.24, 2.45) is 5.92 Å². The number of nitrogens with zero attached hydrogens (tertiary/aromatic N) is 2. The molecular formula is C20H23FN2O4. The number of benzene rings is 1. The van der Waals surface area contributed by atoms with Crippen molar-refractivity contribution in [2.45, 2.75) is 51.3 Å². The molecule has 2 unspecified atom stereocenters. The Kier molecular flexibility index (Phi) is 5.20. The van der Waals surface area contributed by atoms with Gasteiger partial charge in [0, 0.05) is 11.5 Å². The van der Waals surface area contributed by atoms with E-state index in [2.05, 4.69) is 0 Å². The Bertz CT molecular complexity index is 782. The minimum absolute atomic E-state index is 0.0379. The molecule has 7 heteroatoms. The van der Waals surface area contributed by atoms with Crippen LogP contribution in [0.15, 0.2) is 18.2 Å². The number of fused-ring (bicyclic) bond motifs is 2. The molecule has 0 spiro atoms. The van der Waals surface area contributed by atoms with Gasteiger partial charge in [0.2, 0.25) is 0 Å². The summed E-state index contributed by atoms with van der Waals surface area (Å²) in [5.74, 6) is -1.08. The average molecular weight is 374 g/mol. The Hall–Kier alpha value is -2.46. The van der Waals surface area contributed by atoms with Crippen molar-refractivity contribution in [3.8, 4) is 6.07 Å². The molecule has 2 atom stereocenters. The first-order valence-electron chi connectivity index (χ1n) is 9.02. The number of hydrogen-bond acceptors (Lipinski definition) is 5. The van der Waals surface area contributed by atoms with E-state index in [1.165, 1.54) is 12.1 Å². The van der Waals surface area contributed by atoms with Crippen LogP contribution in [-0.2, 0) is 9.47 Å². The summed E-state index contributed by atoms with van der Waals surface area (Å²) in [4.78, 5) is 27.3. The van der Waals surface area contributed by atoms with Crippen LogP contribution in [0.1, 0.15) is 49.5 Å². The lowest BCUT2D eigenvalue weighted by atomic mass is 9.80. The second-order valence-corrected chi connectivity index (χ2v) is 8.07. The van der Waals surface area contributed by atoms with Crippen molar-refractivity contribution in [2.75, 3.05) is 13.2 Å². The number of Topliss-reactive ketones (excluding diaryl/α,β-unsaturated/α-hetero) is 1. The Morgan fingerprint density at radius 1 is 1.26 bits per heavy atom. The average Bonchev–Trinajstić information content (AvgIpc) is 2.58. The highest BCUT2D eigenvalue weighted by Gasteiger charge is 2.45. The van der Waals surface area contributed by atoms with E-state index in [4.69, 9.17) is 9.47 Å². The highest BCUT2D eigenvalue weighted by molar-refractivity contribution is 6.00. The molecule has 0 aromatic heterocycles. The van der Waals surface area contributed by atoms with Crippen LogP contribution >= 0.6 is 0 Å². The van der Waals surface area contributed by atoms with Crippen molar-refractivity contribution in [3.63, 3.8) is 0 Å². The van der Waals surface area contributed by atoms with Gasteiger partial charge in [0.05, 0.1) is 36.9 Å². The largest absolute Gasteiger partial charge is 0.444 e. The van der Waals surface area contributed by atoms with Crippen LogP contribution in [0.3, 0.4) is 0 Å². The molecule has 2 aliphatic rings. The summed E-state index contributed by atoms with van der Waals surface area (Å²) in [6, 6.07) is 5.00. The van der Waals surface area contributed by atoms with Crippen LogP contribution in [0.2, 0.25) is 0 Å². The number of carbonyl (C=O) groups excluding carboxylic acids is 2. The molecule has 2 fully saturated rings. The molecule has 0 radical (unpaired) electrons. The number of morpholine rings is 1. The SMILES string of the molecule is CC(C)(C)OC(=O)N1C2COCC1CC(C(=O)c1ccc(F)cc1C#N)C2. The highest BCUT2D eigenvalue weighted by atomic mass is 19.1. The fraction of sp³-hybridized carbons (Fsp3) is 0.550. The second kappa shape index (κ2) is 7.28. The van der Waals surface area contributed by atoms with Crippen LogP contribution in [0.25, 0.3) is 0 Å². The number of carbonyl (C=O) groups is 2. The van der Waals surface area contributed by atoms with Crippen LogP contribution < -0.4 is 0 Å². The van der Waals surface area contributed by atoms with Gasteiger partial charge in [-0.2, -0.15) is 5.26 Å². The third kappa shape index (κ3) is 4.11. The quantitative estimate of drug-likeness (QED) is 0.742. The van der Waals surface area contributed by atoms with E-state index >= 15 is 0 Å². The topological polar surface area (TPSA) is 79.6 Å². The van der Waals surface area contributed by atoms with E-state index in [9.17, 15) is 19.2 Å². The third-order valence-corrected chi connectivity index (χ3v) is 4.86. The summed E-state index contributed by atoms with van der Waals surface area (Å²) in [5.41, 5.74) is -0.334. The lowest BCUT2D eigenvalue weighted by Crippen LogP contribution is -2.60. The number of halogens is 1. The molecule has 0 N–H and O–H groups in total. The predicted molar refractivity (Wildman–Crippen MR) is 94.6 cm³/mol. The molecule has 2 bridgehead atoms. The van der Waals surface area contributed by atoms with E-state index in [-0.39, 0.29) is 34.9 Å². The van der Waals surface area contributed by atoms with E-state index < -0.39 is 17.5 Å². The Morgan fingerprint density at radius 3 is 2.44 bits per heavy atom. The van der Waals surface area contributed by atoms with Gasteiger partial charge in [-0.25, -0.2) is 9.18 Å². The lowest BCUT2D eigenvalue weighted by molar-refractivity contribution is -0.0861. The summed E-state index contributed by atoms with van der Waals surface area (Å²) in [6.45, 7) is 6.12. The first kappa shape index (κ1) is 19.3. The first-order chi connectivity index (χ1) is 12.7. The standard InChI is InChI=1S/C20H23FN2O4/c1-20(2,3)27-19(25)23-15-7-12(8-16(23)11-26-10-15)18(24)17-5-4-14(21)6-13(17)9-22/h4-6,12,15-16H,7-8,10-11H2,1-3H3. The predicted octanol–water partition coefficient (Wildman–Crippen LogP) is 3.29. The normalized spacial score (nSPS) is 24.9. The summed E-state index contributed by atoms with van der Waals surface area (Å²) in [7, 11) is 0. The number of hydrogen-bond donors (Lipinski definition) is 0. The molecular weight excluding hydrogens is 351 g/mol. The van der Waals surface area contributed by atoms with Gasteiger partial charge < -0.3 is 9.47 Å². The third-order valence-electron chi connectivity index (χ3n) is 4.86. The van der Waals surface area contributed by atoms with Gasteiger partial charge in [-0.05, 0) is 51.8 Å². The lowest BCUT2D eigenvalue weighted by Gasteiger charge is -2.47. The fourth-order valence-corrected chi connectivity index (χ4v) is 3.79. The van der Waals surface area contributed by atoms with Crippen LogP contribution in [0.5, 0.6) is 0 Å². The van der Waals surface area contributed by atoms with Gasteiger partial charge >= 0.3 is 6.09 Å². The molecule has 144 valence electrons. The molecule has 2 saturated heterocycles. The van der Waals surface area contributed by atoms with Gasteiger partial charge in [0.15, 0.2) is 5.78 Å². The van der Waals surface area contributed by atoms with Crippen LogP contribution in [0, 0.1) is 23.1 Å². The first-order valence-corrected chi connectivity index (χ1v) is 9.02. The van der Waals surface area contributed by atoms with Gasteiger partial charge in [0.25, 0.3) is 0 Å². The van der Waals surface area contributed by atoms with Crippen molar-refractivity contribution in [1.29, 1.82) is 5.26 Å². The molecule has 1 amide bonds. The summed E-state index contributed by atoms with van der Waals surface area (Å²) in [6.07, 6.45) is 0.458. The van der Waals surface area contributed by atoms with Gasteiger partial charge in [0.1, 0.15) is 11.4 Å². The molecule has 1 aromatic rings. The summed E-state index contributed by atoms with van der Waals surface area (Å²) < 4.78 is 24.5. The van der Waals surface area contributed by atoms with Crippen molar-refractivity contribution in [3.05, 3.63) is 35.1 Å². The van der Waals surface area contributed by atoms with E-state index in [1.807, 2.05) is 26.8 Å². The smallest absolute Gasteiger partial charge is 0.410 e. The van der Waals surface area contributed by atoms with E-state index in [0.29, 0.717) is 26.1 Å². The molecule has 27 heavy (non-hydrogen) atoms. The molecule has 1 aromatic carbocycles. The molecule has 0 aliphatic carbocycles. The number of ether oxygens (including phenoxy) is 2. The maximum atomic E-state index is 13.4. The van der Waals surface area contributed by atoms with Gasteiger partial charge in [-0.3, -0.25) is 9.69 Å². The number of piperidine rings is 1. The minimum Gasteiger partial charge on any atom is -0.444 e. The fourth-order valence-electron chi connectivity index (χ4n) is 3.79. The zero-order valence-corrected chi connectivity index (χ0v) is 15.7. The molecule has 0 saturated carbocycles. The number of ketones is 1. The van der Waals surface area contributed by atoms with Gasteiger partial charge in [-0.1, -0.05) is 0 Å². The maximum absolute atomic E-state index is 13.4. The molecule has 3 rings (SSSR count). The maximum Gasteiger partial charge on any atom is 0.410 e. The van der Waals surface area contributed by atoms with Crippen LogP contribution in [-0.4, -0.2) is 47.7 Å². The van der Waals surface area contributed by atoms with Crippen molar-refractivity contribution in [1.82, 2.24) is 4.90 Å². The van der Waals surface area contributed by atoms with Crippen molar-refractivity contribution < 1.29 is 23.5 Å². The second-order valence-electron chi connectivity index (χ2n) is 8.07. The Balaban J connectivity index is 1.80. The van der Waals surface area contributed by atoms with Crippen molar-refractivity contribution >= 4 is 11.9 Å². The number of rotatable bonds is 2. The number of nitriles is 1. The van der Waals surface area contributed by atoms with E-state index in [1.54, 1.807) is 4.90 Å². The van der Waals surface area contributed by atoms with Crippen LogP contribution in [0.4, 0.5) is 9.18 Å². The molecule has 6 nitrogen and oxygen atoms in total. The Morgan fingerprint density at radius 2 is 1.89 bits per heavy atom. The highest BCUT2D eigenvalue weighted by Crippen LogP contribution is 2.35. The minimum atomic E-state index is -0.602. The zero-order chi connectivity index (χ0) is 19.8. The Labute approximate surface area is 157 Å². The molecule has 2 heterocycles. The van der Waals surface area contributed by atoms with E-state index in [0.717, 1.165) is 6.07 Å².